The minimum atomic E-state index is -0.529. The molecule has 0 aromatic rings. The van der Waals surface area contributed by atoms with Gasteiger partial charge in [-0.25, -0.2) is 0 Å². The van der Waals surface area contributed by atoms with Gasteiger partial charge in [-0.15, -0.1) is 5.26 Å². The largest absolute Gasteiger partial charge is 0.302 e. The van der Waals surface area contributed by atoms with Crippen LogP contribution in [0.15, 0.2) is 0 Å². The third kappa shape index (κ3) is 3.84. The van der Waals surface area contributed by atoms with Crippen LogP contribution >= 0.6 is 7.55 Å². The Kier molecular flexibility index (Phi) is 4.61. The molecule has 0 N–H and O–H groups in total. The van der Waals surface area contributed by atoms with Crippen LogP contribution in [0.4, 0.5) is 0 Å². The molecule has 0 heterocycles. The van der Waals surface area contributed by atoms with Gasteiger partial charge in [0.05, 0.1) is 6.30 Å². The molecule has 0 aromatic carbocycles. The second kappa shape index (κ2) is 4.81. The van der Waals surface area contributed by atoms with Crippen LogP contribution in [-0.4, -0.2) is 12.5 Å². The van der Waals surface area contributed by atoms with Gasteiger partial charge in [-0.3, -0.25) is 0 Å². The van der Waals surface area contributed by atoms with Crippen LogP contribution < -0.4 is 0 Å². The highest BCUT2D eigenvalue weighted by Crippen LogP contribution is 2.17. The molecule has 1 unspecified atom stereocenters. The van der Waals surface area contributed by atoms with Gasteiger partial charge in [0.2, 0.25) is 7.55 Å². The van der Waals surface area contributed by atoms with Crippen LogP contribution in [0.5, 0.6) is 0 Å². The lowest BCUT2D eigenvalue weighted by atomic mass is 10.4. The Hall–Kier alpha value is -0.340. The number of unbranched alkanes of at least 4 members (excludes halogenated alkanes) is 1. The molecule has 1 nitrogen and oxygen atoms in total. The molecule has 0 fully saturated rings. The van der Waals surface area contributed by atoms with Crippen molar-refractivity contribution in [1.82, 2.24) is 0 Å². The van der Waals surface area contributed by atoms with E-state index in [9.17, 15) is 0 Å². The maximum absolute atomic E-state index is 8.28. The van der Waals surface area contributed by atoms with E-state index in [0.29, 0.717) is 0 Å². The minimum Gasteiger partial charge on any atom is -0.143 e. The van der Waals surface area contributed by atoms with Crippen LogP contribution in [0.25, 0.3) is 0 Å². The summed E-state index contributed by atoms with van der Waals surface area (Å²) in [5.41, 5.74) is 0. The topological polar surface area (TPSA) is 23.8 Å². The first-order valence-corrected chi connectivity index (χ1v) is 4.50. The summed E-state index contributed by atoms with van der Waals surface area (Å²) in [6.45, 7) is 2.13. The summed E-state index contributed by atoms with van der Waals surface area (Å²) in [5.74, 6) is 2.15. The summed E-state index contributed by atoms with van der Waals surface area (Å²) in [6.07, 6.45) is 7.05. The molecular formula is C6H11NP+. The Bertz CT molecular complexity index is 112. The standard InChI is InChI=1S/C6H11NP/c1-3-4-5-8(2)6-7/h2-5H2,1H3/q+1. The molecule has 0 bridgehead atoms. The molecule has 2 heteroatoms. The highest BCUT2D eigenvalue weighted by molar-refractivity contribution is 7.60. The third-order valence-corrected chi connectivity index (χ3v) is 2.06. The van der Waals surface area contributed by atoms with Crippen molar-refractivity contribution in [2.45, 2.75) is 19.8 Å². The van der Waals surface area contributed by atoms with Gasteiger partial charge in [0.15, 0.2) is 0 Å². The maximum Gasteiger partial charge on any atom is 0.302 e. The van der Waals surface area contributed by atoms with E-state index in [0.717, 1.165) is 12.6 Å². The molecule has 0 aliphatic rings. The lowest BCUT2D eigenvalue weighted by Gasteiger charge is -1.79. The first-order chi connectivity index (χ1) is 3.81. The highest BCUT2D eigenvalue weighted by Gasteiger charge is 2.00. The molecular weight excluding hydrogens is 117 g/mol. The average Bonchev–Trinajstić information content (AvgIpc) is 1.83. The van der Waals surface area contributed by atoms with E-state index >= 15 is 0 Å². The molecule has 1 atom stereocenters. The van der Waals surface area contributed by atoms with Crippen molar-refractivity contribution >= 4 is 13.8 Å². The van der Waals surface area contributed by atoms with Gasteiger partial charge in [0.25, 0.3) is 0 Å². The normalized spacial score (nSPS) is 10.2. The molecule has 44 valence electrons. The lowest BCUT2D eigenvalue weighted by molar-refractivity contribution is 0.895. The summed E-state index contributed by atoms with van der Waals surface area (Å²) in [4.78, 5) is 0. The van der Waals surface area contributed by atoms with Crippen molar-refractivity contribution in [3.8, 4) is 5.81 Å². The van der Waals surface area contributed by atoms with Gasteiger partial charge in [-0.05, 0) is 6.42 Å². The summed E-state index contributed by atoms with van der Waals surface area (Å²) in [5, 5.41) is 8.28. The molecule has 0 aliphatic carbocycles. The minimum absolute atomic E-state index is 0.529. The van der Waals surface area contributed by atoms with Gasteiger partial charge < -0.3 is 0 Å². The maximum atomic E-state index is 8.28. The van der Waals surface area contributed by atoms with Gasteiger partial charge in [0.1, 0.15) is 6.16 Å². The molecule has 0 aliphatic heterocycles. The molecule has 0 rings (SSSR count). The second-order valence-electron chi connectivity index (χ2n) is 1.72. The fourth-order valence-corrected chi connectivity index (χ4v) is 1.20. The first-order valence-electron chi connectivity index (χ1n) is 2.79. The summed E-state index contributed by atoms with van der Waals surface area (Å²) < 4.78 is 0. The SMILES string of the molecule is C=[P+](C#N)CCCC. The first kappa shape index (κ1) is 7.66. The van der Waals surface area contributed by atoms with E-state index in [-0.39, 0.29) is 0 Å². The zero-order chi connectivity index (χ0) is 6.41. The molecule has 0 saturated carbocycles. The monoisotopic (exact) mass is 128 g/mol. The van der Waals surface area contributed by atoms with E-state index < -0.39 is 7.55 Å². The number of hydrogen-bond acceptors (Lipinski definition) is 1. The van der Waals surface area contributed by atoms with Gasteiger partial charge in [0, 0.05) is 0 Å². The summed E-state index contributed by atoms with van der Waals surface area (Å²) in [7, 11) is -0.529. The van der Waals surface area contributed by atoms with Crippen LogP contribution in [0.2, 0.25) is 0 Å². The smallest absolute Gasteiger partial charge is 0.143 e. The quantitative estimate of drug-likeness (QED) is 0.534. The summed E-state index contributed by atoms with van der Waals surface area (Å²) in [6, 6.07) is 0. The lowest BCUT2D eigenvalue weighted by Crippen LogP contribution is -1.72. The van der Waals surface area contributed by atoms with Crippen molar-refractivity contribution in [2.75, 3.05) is 6.16 Å². The molecule has 0 spiro atoms. The van der Waals surface area contributed by atoms with E-state index in [4.69, 9.17) is 5.26 Å². The van der Waals surface area contributed by atoms with Crippen molar-refractivity contribution in [1.29, 1.82) is 5.26 Å². The van der Waals surface area contributed by atoms with Crippen LogP contribution in [0.1, 0.15) is 19.8 Å². The van der Waals surface area contributed by atoms with Gasteiger partial charge in [-0.2, -0.15) is 0 Å². The number of nitrogens with zero attached hydrogens (tertiary/aromatic N) is 1. The van der Waals surface area contributed by atoms with Crippen molar-refractivity contribution < 1.29 is 0 Å². The molecule has 0 amide bonds. The van der Waals surface area contributed by atoms with Crippen molar-refractivity contribution in [3.05, 3.63) is 0 Å². The zero-order valence-electron chi connectivity index (χ0n) is 5.22. The Balaban J connectivity index is 3.16. The van der Waals surface area contributed by atoms with Crippen LogP contribution in [-0.2, 0) is 0 Å². The predicted octanol–water partition coefficient (Wildman–Crippen LogP) is 2.18. The number of rotatable bonds is 3. The van der Waals surface area contributed by atoms with E-state index in [1.807, 2.05) is 0 Å². The Morgan fingerprint density at radius 1 is 1.75 bits per heavy atom. The van der Waals surface area contributed by atoms with E-state index in [2.05, 4.69) is 19.0 Å². The van der Waals surface area contributed by atoms with E-state index in [1.165, 1.54) is 6.42 Å². The van der Waals surface area contributed by atoms with Crippen LogP contribution in [0.3, 0.4) is 0 Å². The molecule has 0 radical (unpaired) electrons. The molecule has 8 heavy (non-hydrogen) atoms. The third-order valence-electron chi connectivity index (χ3n) is 0.923. The highest BCUT2D eigenvalue weighted by atomic mass is 31.1. The fourth-order valence-electron chi connectivity index (χ4n) is 0.399. The second-order valence-corrected chi connectivity index (χ2v) is 3.44. The Labute approximate surface area is 51.7 Å². The fraction of sp³-hybridized carbons (Fsp3) is 0.667. The molecule has 0 aromatic heterocycles. The van der Waals surface area contributed by atoms with Crippen molar-refractivity contribution in [3.63, 3.8) is 0 Å². The zero-order valence-corrected chi connectivity index (χ0v) is 6.12. The Morgan fingerprint density at radius 2 is 2.38 bits per heavy atom. The van der Waals surface area contributed by atoms with Crippen molar-refractivity contribution in [2.24, 2.45) is 0 Å². The summed E-state index contributed by atoms with van der Waals surface area (Å²) >= 11 is 0. The van der Waals surface area contributed by atoms with Gasteiger partial charge in [-0.1, -0.05) is 13.3 Å². The number of nitriles is 1. The van der Waals surface area contributed by atoms with E-state index in [1.54, 1.807) is 0 Å². The molecule has 0 saturated heterocycles. The van der Waals surface area contributed by atoms with Crippen LogP contribution in [0, 0.1) is 11.1 Å². The Morgan fingerprint density at radius 3 is 2.75 bits per heavy atom. The number of hydrogen-bond donors (Lipinski definition) is 0. The predicted molar refractivity (Wildman–Crippen MR) is 39.4 cm³/mol. The van der Waals surface area contributed by atoms with Gasteiger partial charge >= 0.3 is 5.81 Å². The average molecular weight is 128 g/mol.